The van der Waals surface area contributed by atoms with Gasteiger partial charge in [0.15, 0.2) is 11.5 Å². The molecule has 0 heterocycles. The molecule has 0 saturated carbocycles. The first kappa shape index (κ1) is 16.1. The number of nitrogens with two attached hydrogens (primary N) is 1. The third-order valence-electron chi connectivity index (χ3n) is 3.93. The summed E-state index contributed by atoms with van der Waals surface area (Å²) in [5.41, 5.74) is 8.91. The lowest BCUT2D eigenvalue weighted by Gasteiger charge is -2.32. The van der Waals surface area contributed by atoms with Crippen LogP contribution < -0.4 is 15.2 Å². The van der Waals surface area contributed by atoms with Gasteiger partial charge in [0, 0.05) is 11.6 Å². The van der Waals surface area contributed by atoms with Gasteiger partial charge in [-0.25, -0.2) is 0 Å². The van der Waals surface area contributed by atoms with Gasteiger partial charge in [0.2, 0.25) is 0 Å². The second kappa shape index (κ2) is 7.01. The molecule has 1 aliphatic carbocycles. The fourth-order valence-electron chi connectivity index (χ4n) is 3.03. The van der Waals surface area contributed by atoms with E-state index in [-0.39, 0.29) is 18.4 Å². The monoisotopic (exact) mass is 285 g/mol. The minimum atomic E-state index is 0. The third kappa shape index (κ3) is 2.98. The van der Waals surface area contributed by atoms with Gasteiger partial charge in [-0.05, 0) is 36.8 Å². The predicted molar refractivity (Wildman–Crippen MR) is 80.7 cm³/mol. The first-order chi connectivity index (χ1) is 8.72. The number of methoxy groups -OCH3 is 2. The second-order valence-corrected chi connectivity index (χ2v) is 4.97. The second-order valence-electron chi connectivity index (χ2n) is 4.97. The molecule has 1 aromatic rings. The summed E-state index contributed by atoms with van der Waals surface area (Å²) >= 11 is 0. The zero-order chi connectivity index (χ0) is 13.1. The van der Waals surface area contributed by atoms with Crippen molar-refractivity contribution in [1.82, 2.24) is 0 Å². The summed E-state index contributed by atoms with van der Waals surface area (Å²) in [6.45, 7) is 2.21. The fraction of sp³-hybridized carbons (Fsp3) is 0.600. The normalized spacial score (nSPS) is 21.3. The standard InChI is InChI=1S/C15H23NO2.ClH/c1-4-5-11-10-7-9-14(17-2)15(18-3)12(10)6-8-13(11)16;/h7,9,11,13H,4-6,8,16H2,1-3H3;1H. The van der Waals surface area contributed by atoms with Gasteiger partial charge in [-0.1, -0.05) is 19.4 Å². The molecule has 3 nitrogen and oxygen atoms in total. The van der Waals surface area contributed by atoms with E-state index in [4.69, 9.17) is 15.2 Å². The SMILES string of the molecule is CCCC1c2ccc(OC)c(OC)c2CCC1N.Cl. The third-order valence-corrected chi connectivity index (χ3v) is 3.93. The zero-order valence-electron chi connectivity index (χ0n) is 11.9. The molecule has 0 spiro atoms. The lowest BCUT2D eigenvalue weighted by Crippen LogP contribution is -2.33. The molecule has 2 atom stereocenters. The first-order valence-corrected chi connectivity index (χ1v) is 6.72. The van der Waals surface area contributed by atoms with Gasteiger partial charge in [0.1, 0.15) is 0 Å². The maximum absolute atomic E-state index is 6.27. The van der Waals surface area contributed by atoms with Crippen molar-refractivity contribution in [3.63, 3.8) is 0 Å². The Labute approximate surface area is 121 Å². The number of rotatable bonds is 4. The molecule has 2 rings (SSSR count). The first-order valence-electron chi connectivity index (χ1n) is 6.72. The van der Waals surface area contributed by atoms with E-state index >= 15 is 0 Å². The maximum Gasteiger partial charge on any atom is 0.164 e. The van der Waals surface area contributed by atoms with E-state index in [9.17, 15) is 0 Å². The molecule has 0 radical (unpaired) electrons. The molecule has 0 amide bonds. The van der Waals surface area contributed by atoms with Crippen molar-refractivity contribution in [2.45, 2.75) is 44.6 Å². The van der Waals surface area contributed by atoms with Gasteiger partial charge < -0.3 is 15.2 Å². The number of fused-ring (bicyclic) bond motifs is 1. The van der Waals surface area contributed by atoms with E-state index < -0.39 is 0 Å². The molecule has 0 aromatic heterocycles. The van der Waals surface area contributed by atoms with E-state index in [2.05, 4.69) is 13.0 Å². The van der Waals surface area contributed by atoms with Crippen molar-refractivity contribution < 1.29 is 9.47 Å². The topological polar surface area (TPSA) is 44.5 Å². The van der Waals surface area contributed by atoms with Crippen molar-refractivity contribution >= 4 is 12.4 Å². The van der Waals surface area contributed by atoms with Crippen LogP contribution in [0, 0.1) is 0 Å². The number of ether oxygens (including phenoxy) is 2. The number of hydrogen-bond acceptors (Lipinski definition) is 3. The van der Waals surface area contributed by atoms with Crippen LogP contribution in [-0.4, -0.2) is 20.3 Å². The Morgan fingerprint density at radius 2 is 2.00 bits per heavy atom. The summed E-state index contributed by atoms with van der Waals surface area (Å²) in [5.74, 6) is 2.17. The van der Waals surface area contributed by atoms with Crippen LogP contribution in [0.4, 0.5) is 0 Å². The van der Waals surface area contributed by atoms with E-state index in [1.54, 1.807) is 14.2 Å². The molecule has 1 aromatic carbocycles. The van der Waals surface area contributed by atoms with Crippen LogP contribution in [-0.2, 0) is 6.42 Å². The molecule has 19 heavy (non-hydrogen) atoms. The highest BCUT2D eigenvalue weighted by molar-refractivity contribution is 5.85. The fourth-order valence-corrected chi connectivity index (χ4v) is 3.03. The van der Waals surface area contributed by atoms with E-state index in [1.165, 1.54) is 11.1 Å². The minimum Gasteiger partial charge on any atom is -0.493 e. The molecule has 0 fully saturated rings. The number of hydrogen-bond donors (Lipinski definition) is 1. The van der Waals surface area contributed by atoms with Gasteiger partial charge >= 0.3 is 0 Å². The average Bonchev–Trinajstić information content (AvgIpc) is 2.40. The lowest BCUT2D eigenvalue weighted by atomic mass is 9.77. The summed E-state index contributed by atoms with van der Waals surface area (Å²) < 4.78 is 10.9. The molecule has 2 unspecified atom stereocenters. The Kier molecular flexibility index (Phi) is 5.95. The highest BCUT2D eigenvalue weighted by atomic mass is 35.5. The molecule has 1 aliphatic rings. The minimum absolute atomic E-state index is 0. The molecule has 0 bridgehead atoms. The Morgan fingerprint density at radius 1 is 1.26 bits per heavy atom. The Balaban J connectivity index is 0.00000180. The van der Waals surface area contributed by atoms with Crippen LogP contribution in [0.2, 0.25) is 0 Å². The highest BCUT2D eigenvalue weighted by Crippen LogP contribution is 2.42. The van der Waals surface area contributed by atoms with Crippen molar-refractivity contribution in [2.75, 3.05) is 14.2 Å². The highest BCUT2D eigenvalue weighted by Gasteiger charge is 2.29. The van der Waals surface area contributed by atoms with Crippen molar-refractivity contribution in [3.8, 4) is 11.5 Å². The summed E-state index contributed by atoms with van der Waals surface area (Å²) in [6.07, 6.45) is 4.31. The van der Waals surface area contributed by atoms with Crippen LogP contribution >= 0.6 is 12.4 Å². The van der Waals surface area contributed by atoms with Crippen LogP contribution in [0.3, 0.4) is 0 Å². The number of halogens is 1. The quantitative estimate of drug-likeness (QED) is 0.923. The van der Waals surface area contributed by atoms with E-state index in [0.717, 1.165) is 37.2 Å². The Morgan fingerprint density at radius 3 is 2.58 bits per heavy atom. The predicted octanol–water partition coefficient (Wildman–Crippen LogP) is 3.28. The van der Waals surface area contributed by atoms with Crippen molar-refractivity contribution in [3.05, 3.63) is 23.3 Å². The summed E-state index contributed by atoms with van der Waals surface area (Å²) in [5, 5.41) is 0. The zero-order valence-corrected chi connectivity index (χ0v) is 12.8. The Bertz CT molecular complexity index is 423. The summed E-state index contributed by atoms with van der Waals surface area (Å²) in [4.78, 5) is 0. The summed E-state index contributed by atoms with van der Waals surface area (Å²) in [7, 11) is 3.39. The van der Waals surface area contributed by atoms with Crippen molar-refractivity contribution in [1.29, 1.82) is 0 Å². The summed E-state index contributed by atoms with van der Waals surface area (Å²) in [6, 6.07) is 4.43. The van der Waals surface area contributed by atoms with Crippen LogP contribution in [0.5, 0.6) is 11.5 Å². The maximum atomic E-state index is 6.27. The average molecular weight is 286 g/mol. The van der Waals surface area contributed by atoms with Gasteiger partial charge in [-0.2, -0.15) is 0 Å². The lowest BCUT2D eigenvalue weighted by molar-refractivity contribution is 0.344. The van der Waals surface area contributed by atoms with Gasteiger partial charge in [0.25, 0.3) is 0 Å². The van der Waals surface area contributed by atoms with Crippen LogP contribution in [0.25, 0.3) is 0 Å². The Hall–Kier alpha value is -0.930. The van der Waals surface area contributed by atoms with Gasteiger partial charge in [-0.3, -0.25) is 0 Å². The number of benzene rings is 1. The molecule has 0 saturated heterocycles. The van der Waals surface area contributed by atoms with E-state index in [1.807, 2.05) is 6.07 Å². The van der Waals surface area contributed by atoms with Gasteiger partial charge in [0.05, 0.1) is 14.2 Å². The van der Waals surface area contributed by atoms with Crippen LogP contribution in [0.1, 0.15) is 43.2 Å². The molecule has 0 aliphatic heterocycles. The molecule has 2 N–H and O–H groups in total. The van der Waals surface area contributed by atoms with Crippen molar-refractivity contribution in [2.24, 2.45) is 5.73 Å². The van der Waals surface area contributed by atoms with Gasteiger partial charge in [-0.15, -0.1) is 12.4 Å². The molecular formula is C15H24ClNO2. The smallest absolute Gasteiger partial charge is 0.164 e. The van der Waals surface area contributed by atoms with Crippen LogP contribution in [0.15, 0.2) is 12.1 Å². The van der Waals surface area contributed by atoms with E-state index in [0.29, 0.717) is 5.92 Å². The molecule has 108 valence electrons. The largest absolute Gasteiger partial charge is 0.493 e. The molecular weight excluding hydrogens is 262 g/mol. The molecule has 4 heteroatoms.